The van der Waals surface area contributed by atoms with Crippen LogP contribution in [0.3, 0.4) is 0 Å². The molecule has 17 heavy (non-hydrogen) atoms. The van der Waals surface area contributed by atoms with Crippen LogP contribution in [0.2, 0.25) is 0 Å². The molecule has 0 aromatic heterocycles. The molecular weight excluding hydrogens is 212 g/mol. The Hall–Kier alpha value is -1.96. The second-order valence-electron chi connectivity index (χ2n) is 4.30. The highest BCUT2D eigenvalue weighted by Crippen LogP contribution is 2.31. The van der Waals surface area contributed by atoms with E-state index in [1.54, 1.807) is 18.2 Å². The Kier molecular flexibility index (Phi) is 3.33. The predicted octanol–water partition coefficient (Wildman–Crippen LogP) is 4.31. The monoisotopic (exact) mass is 228 g/mol. The second kappa shape index (κ2) is 4.91. The fourth-order valence-corrected chi connectivity index (χ4v) is 1.61. The molecule has 2 nitrogen and oxygen atoms in total. The Morgan fingerprint density at radius 1 is 1.00 bits per heavy atom. The third-order valence-electron chi connectivity index (χ3n) is 2.62. The van der Waals surface area contributed by atoms with E-state index in [1.807, 2.05) is 24.3 Å². The van der Waals surface area contributed by atoms with Crippen LogP contribution in [0.15, 0.2) is 48.5 Å². The molecule has 0 unspecified atom stereocenters. The van der Waals surface area contributed by atoms with Crippen molar-refractivity contribution >= 4 is 0 Å². The smallest absolute Gasteiger partial charge is 0.169 e. The molecule has 0 heterocycles. The van der Waals surface area contributed by atoms with Gasteiger partial charge in [0.2, 0.25) is 0 Å². The molecule has 0 bridgehead atoms. The largest absolute Gasteiger partial charge is 0.504 e. The Morgan fingerprint density at radius 3 is 2.47 bits per heavy atom. The highest BCUT2D eigenvalue weighted by Gasteiger charge is 2.04. The Labute approximate surface area is 101 Å². The van der Waals surface area contributed by atoms with E-state index in [1.165, 1.54) is 5.56 Å². The molecule has 2 aromatic carbocycles. The van der Waals surface area contributed by atoms with Crippen molar-refractivity contribution in [3.8, 4) is 17.2 Å². The first-order valence-corrected chi connectivity index (χ1v) is 5.72. The zero-order chi connectivity index (χ0) is 12.3. The summed E-state index contributed by atoms with van der Waals surface area (Å²) in [5.41, 5.74) is 1.22. The number of ether oxygens (including phenoxy) is 1. The molecule has 0 atom stereocenters. The van der Waals surface area contributed by atoms with E-state index >= 15 is 0 Å². The lowest BCUT2D eigenvalue weighted by atomic mass is 10.0. The van der Waals surface area contributed by atoms with Crippen molar-refractivity contribution in [1.82, 2.24) is 0 Å². The highest BCUT2D eigenvalue weighted by atomic mass is 16.5. The van der Waals surface area contributed by atoms with Crippen LogP contribution >= 0.6 is 0 Å². The molecule has 2 heteroatoms. The first-order valence-electron chi connectivity index (χ1n) is 5.72. The maximum atomic E-state index is 9.63. The number of phenols is 1. The van der Waals surface area contributed by atoms with Gasteiger partial charge in [-0.05, 0) is 35.7 Å². The third-order valence-corrected chi connectivity index (χ3v) is 2.62. The normalized spacial score (nSPS) is 10.5. The summed E-state index contributed by atoms with van der Waals surface area (Å²) >= 11 is 0. The molecule has 0 aliphatic rings. The van der Waals surface area contributed by atoms with Gasteiger partial charge in [-0.2, -0.15) is 0 Å². The molecule has 0 saturated heterocycles. The standard InChI is InChI=1S/C15H16O2/c1-11(2)12-6-5-7-13(10-12)17-15-9-4-3-8-14(15)16/h3-11,16H,1-2H3. The minimum Gasteiger partial charge on any atom is -0.504 e. The van der Waals surface area contributed by atoms with Gasteiger partial charge in [0.1, 0.15) is 5.75 Å². The van der Waals surface area contributed by atoms with Crippen molar-refractivity contribution < 1.29 is 9.84 Å². The first-order chi connectivity index (χ1) is 8.16. The van der Waals surface area contributed by atoms with Crippen molar-refractivity contribution in [1.29, 1.82) is 0 Å². The minimum absolute atomic E-state index is 0.155. The summed E-state index contributed by atoms with van der Waals surface area (Å²) in [6.07, 6.45) is 0. The molecule has 2 rings (SSSR count). The number of rotatable bonds is 3. The van der Waals surface area contributed by atoms with E-state index in [0.29, 0.717) is 11.7 Å². The van der Waals surface area contributed by atoms with Crippen molar-refractivity contribution in [2.75, 3.05) is 0 Å². The Balaban J connectivity index is 2.25. The van der Waals surface area contributed by atoms with Crippen molar-refractivity contribution in [2.45, 2.75) is 19.8 Å². The van der Waals surface area contributed by atoms with Gasteiger partial charge in [0.25, 0.3) is 0 Å². The maximum Gasteiger partial charge on any atom is 0.169 e. The molecule has 2 aromatic rings. The van der Waals surface area contributed by atoms with E-state index in [2.05, 4.69) is 19.9 Å². The van der Waals surface area contributed by atoms with Gasteiger partial charge < -0.3 is 9.84 Å². The van der Waals surface area contributed by atoms with Crippen LogP contribution in [0.4, 0.5) is 0 Å². The van der Waals surface area contributed by atoms with Gasteiger partial charge in [0, 0.05) is 0 Å². The molecule has 0 saturated carbocycles. The molecule has 0 aliphatic carbocycles. The summed E-state index contributed by atoms with van der Waals surface area (Å²) in [5, 5.41) is 9.63. The summed E-state index contributed by atoms with van der Waals surface area (Å²) in [6.45, 7) is 4.28. The minimum atomic E-state index is 0.155. The first kappa shape index (κ1) is 11.5. The molecule has 88 valence electrons. The van der Waals surface area contributed by atoms with Gasteiger partial charge >= 0.3 is 0 Å². The maximum absolute atomic E-state index is 9.63. The van der Waals surface area contributed by atoms with Gasteiger partial charge in [0.05, 0.1) is 0 Å². The van der Waals surface area contributed by atoms with Gasteiger partial charge in [0.15, 0.2) is 11.5 Å². The van der Waals surface area contributed by atoms with Gasteiger partial charge in [-0.25, -0.2) is 0 Å². The second-order valence-corrected chi connectivity index (χ2v) is 4.30. The number of para-hydroxylation sites is 2. The number of hydrogen-bond acceptors (Lipinski definition) is 2. The average molecular weight is 228 g/mol. The number of benzene rings is 2. The summed E-state index contributed by atoms with van der Waals surface area (Å²) in [5.74, 6) is 1.84. The van der Waals surface area contributed by atoms with E-state index < -0.39 is 0 Å². The van der Waals surface area contributed by atoms with Gasteiger partial charge in [-0.15, -0.1) is 0 Å². The van der Waals surface area contributed by atoms with E-state index in [0.717, 1.165) is 5.75 Å². The Bertz CT molecular complexity index is 504. The highest BCUT2D eigenvalue weighted by molar-refractivity contribution is 5.42. The van der Waals surface area contributed by atoms with Crippen molar-refractivity contribution in [2.24, 2.45) is 0 Å². The number of aromatic hydroxyl groups is 1. The molecular formula is C15H16O2. The topological polar surface area (TPSA) is 29.5 Å². The lowest BCUT2D eigenvalue weighted by Crippen LogP contribution is -1.89. The van der Waals surface area contributed by atoms with Gasteiger partial charge in [-0.3, -0.25) is 0 Å². The molecule has 0 fully saturated rings. The molecule has 0 spiro atoms. The molecule has 1 N–H and O–H groups in total. The number of phenolic OH excluding ortho intramolecular Hbond substituents is 1. The third kappa shape index (κ3) is 2.78. The van der Waals surface area contributed by atoms with Crippen LogP contribution in [-0.2, 0) is 0 Å². The fourth-order valence-electron chi connectivity index (χ4n) is 1.61. The fraction of sp³-hybridized carbons (Fsp3) is 0.200. The van der Waals surface area contributed by atoms with E-state index in [9.17, 15) is 5.11 Å². The molecule has 0 aliphatic heterocycles. The van der Waals surface area contributed by atoms with Crippen molar-refractivity contribution in [3.05, 3.63) is 54.1 Å². The zero-order valence-corrected chi connectivity index (χ0v) is 10.1. The Morgan fingerprint density at radius 2 is 1.76 bits per heavy atom. The molecule has 0 radical (unpaired) electrons. The molecule has 0 amide bonds. The van der Waals surface area contributed by atoms with Crippen LogP contribution in [0.1, 0.15) is 25.3 Å². The van der Waals surface area contributed by atoms with Crippen LogP contribution in [0, 0.1) is 0 Å². The lowest BCUT2D eigenvalue weighted by molar-refractivity contribution is 0.411. The SMILES string of the molecule is CC(C)c1cccc(Oc2ccccc2O)c1. The van der Waals surface area contributed by atoms with Crippen LogP contribution in [-0.4, -0.2) is 5.11 Å². The summed E-state index contributed by atoms with van der Waals surface area (Å²) in [7, 11) is 0. The van der Waals surface area contributed by atoms with Crippen molar-refractivity contribution in [3.63, 3.8) is 0 Å². The number of hydrogen-bond donors (Lipinski definition) is 1. The summed E-state index contributed by atoms with van der Waals surface area (Å²) in [4.78, 5) is 0. The van der Waals surface area contributed by atoms with E-state index in [4.69, 9.17) is 4.74 Å². The average Bonchev–Trinajstić information content (AvgIpc) is 2.32. The zero-order valence-electron chi connectivity index (χ0n) is 10.1. The quantitative estimate of drug-likeness (QED) is 0.848. The van der Waals surface area contributed by atoms with E-state index in [-0.39, 0.29) is 5.75 Å². The van der Waals surface area contributed by atoms with Crippen LogP contribution in [0.25, 0.3) is 0 Å². The van der Waals surface area contributed by atoms with Gasteiger partial charge in [-0.1, -0.05) is 38.1 Å². The van der Waals surface area contributed by atoms with Crippen LogP contribution in [0.5, 0.6) is 17.2 Å². The predicted molar refractivity (Wildman–Crippen MR) is 68.7 cm³/mol. The summed E-state index contributed by atoms with van der Waals surface area (Å²) in [6, 6.07) is 14.9. The van der Waals surface area contributed by atoms with Crippen LogP contribution < -0.4 is 4.74 Å². The lowest BCUT2D eigenvalue weighted by Gasteiger charge is -2.10. The summed E-state index contributed by atoms with van der Waals surface area (Å²) < 4.78 is 5.65.